The lowest BCUT2D eigenvalue weighted by Crippen LogP contribution is -2.55. The molecule has 0 spiro atoms. The molecule has 2 aliphatic heterocycles. The van der Waals surface area contributed by atoms with Crippen LogP contribution in [0.2, 0.25) is 0 Å². The highest BCUT2D eigenvalue weighted by Gasteiger charge is 2.29. The number of halogens is 2. The third kappa shape index (κ3) is 7.41. The molecular formula is C22H36Cl2N4O2. The number of piperazine rings is 1. The highest BCUT2D eigenvalue weighted by Crippen LogP contribution is 2.21. The summed E-state index contributed by atoms with van der Waals surface area (Å²) in [6.45, 7) is 9.38. The highest BCUT2D eigenvalue weighted by molar-refractivity contribution is 5.85. The van der Waals surface area contributed by atoms with Gasteiger partial charge in [-0.3, -0.25) is 14.5 Å². The molecule has 2 heterocycles. The van der Waals surface area contributed by atoms with Gasteiger partial charge in [0.05, 0.1) is 12.6 Å². The average Bonchev–Trinajstić information content (AvgIpc) is 2.68. The van der Waals surface area contributed by atoms with Crippen LogP contribution < -0.4 is 5.73 Å². The number of hydrogen-bond donors (Lipinski definition) is 1. The molecule has 3 unspecified atom stereocenters. The number of amides is 2. The SMILES string of the molecule is CC1CC(C)CN(C(=O)CN2CCN(C(=O)C(N)Cc3ccccc3)CC2)C1.Cl.Cl. The maximum Gasteiger partial charge on any atom is 0.239 e. The van der Waals surface area contributed by atoms with E-state index in [4.69, 9.17) is 5.73 Å². The Balaban J connectivity index is 0.00000225. The molecule has 0 aromatic heterocycles. The lowest BCUT2D eigenvalue weighted by atomic mass is 9.92. The molecule has 1 aromatic carbocycles. The van der Waals surface area contributed by atoms with E-state index in [9.17, 15) is 9.59 Å². The van der Waals surface area contributed by atoms with Crippen molar-refractivity contribution in [2.45, 2.75) is 32.7 Å². The second kappa shape index (κ2) is 12.5. The summed E-state index contributed by atoms with van der Waals surface area (Å²) in [5.41, 5.74) is 7.23. The number of benzene rings is 1. The van der Waals surface area contributed by atoms with Gasteiger partial charge >= 0.3 is 0 Å². The van der Waals surface area contributed by atoms with Crippen LogP contribution in [0.3, 0.4) is 0 Å². The Labute approximate surface area is 193 Å². The first kappa shape index (κ1) is 26.7. The van der Waals surface area contributed by atoms with Gasteiger partial charge in [-0.05, 0) is 30.2 Å². The first-order valence-electron chi connectivity index (χ1n) is 10.5. The van der Waals surface area contributed by atoms with Gasteiger partial charge in [-0.1, -0.05) is 44.2 Å². The van der Waals surface area contributed by atoms with Gasteiger partial charge in [0.15, 0.2) is 0 Å². The van der Waals surface area contributed by atoms with E-state index >= 15 is 0 Å². The first-order chi connectivity index (χ1) is 13.4. The fourth-order valence-electron chi connectivity index (χ4n) is 4.47. The number of piperidine rings is 1. The molecule has 2 fully saturated rings. The molecule has 6 nitrogen and oxygen atoms in total. The minimum absolute atomic E-state index is 0. The van der Waals surface area contributed by atoms with Crippen LogP contribution in [-0.2, 0) is 16.0 Å². The molecule has 2 N–H and O–H groups in total. The number of hydrogen-bond acceptors (Lipinski definition) is 4. The van der Waals surface area contributed by atoms with Gasteiger partial charge in [0.2, 0.25) is 11.8 Å². The van der Waals surface area contributed by atoms with Crippen LogP contribution >= 0.6 is 24.8 Å². The molecule has 30 heavy (non-hydrogen) atoms. The summed E-state index contributed by atoms with van der Waals surface area (Å²) in [4.78, 5) is 31.4. The van der Waals surface area contributed by atoms with E-state index in [1.54, 1.807) is 0 Å². The van der Waals surface area contributed by atoms with Crippen molar-refractivity contribution >= 4 is 36.6 Å². The van der Waals surface area contributed by atoms with E-state index in [1.807, 2.05) is 40.1 Å². The molecule has 8 heteroatoms. The predicted molar refractivity (Wildman–Crippen MR) is 125 cm³/mol. The zero-order valence-electron chi connectivity index (χ0n) is 18.0. The fourth-order valence-corrected chi connectivity index (χ4v) is 4.47. The minimum atomic E-state index is -0.507. The summed E-state index contributed by atoms with van der Waals surface area (Å²) in [7, 11) is 0. The molecule has 2 aliphatic rings. The molecule has 0 saturated carbocycles. The molecule has 0 bridgehead atoms. The molecule has 2 saturated heterocycles. The Kier molecular flexibility index (Phi) is 11.1. The monoisotopic (exact) mass is 458 g/mol. The van der Waals surface area contributed by atoms with Gasteiger partial charge in [0, 0.05) is 39.3 Å². The Morgan fingerprint density at radius 1 is 0.967 bits per heavy atom. The smallest absolute Gasteiger partial charge is 0.239 e. The van der Waals surface area contributed by atoms with Gasteiger partial charge in [-0.2, -0.15) is 0 Å². The molecule has 170 valence electrons. The summed E-state index contributed by atoms with van der Waals surface area (Å²) in [5, 5.41) is 0. The van der Waals surface area contributed by atoms with Crippen molar-refractivity contribution in [1.82, 2.24) is 14.7 Å². The maximum absolute atomic E-state index is 12.7. The lowest BCUT2D eigenvalue weighted by Gasteiger charge is -2.38. The van der Waals surface area contributed by atoms with Crippen LogP contribution in [0, 0.1) is 11.8 Å². The summed E-state index contributed by atoms with van der Waals surface area (Å²) in [6, 6.07) is 9.38. The number of likely N-dealkylation sites (tertiary alicyclic amines) is 1. The molecule has 3 atom stereocenters. The molecule has 1 aromatic rings. The van der Waals surface area contributed by atoms with Crippen LogP contribution in [0.25, 0.3) is 0 Å². The number of carbonyl (C=O) groups is 2. The first-order valence-corrected chi connectivity index (χ1v) is 10.5. The number of nitrogens with zero attached hydrogens (tertiary/aromatic N) is 3. The number of carbonyl (C=O) groups excluding carboxylic acids is 2. The van der Waals surface area contributed by atoms with Crippen LogP contribution in [-0.4, -0.2) is 78.4 Å². The van der Waals surface area contributed by atoms with Crippen molar-refractivity contribution in [2.75, 3.05) is 45.8 Å². The predicted octanol–water partition coefficient (Wildman–Crippen LogP) is 2.05. The fraction of sp³-hybridized carbons (Fsp3) is 0.636. The van der Waals surface area contributed by atoms with Gasteiger partial charge < -0.3 is 15.5 Å². The van der Waals surface area contributed by atoms with Crippen LogP contribution in [0.5, 0.6) is 0 Å². The van der Waals surface area contributed by atoms with Crippen molar-refractivity contribution in [2.24, 2.45) is 17.6 Å². The van der Waals surface area contributed by atoms with Crippen molar-refractivity contribution < 1.29 is 9.59 Å². The third-order valence-electron chi connectivity index (χ3n) is 5.88. The van der Waals surface area contributed by atoms with E-state index in [2.05, 4.69) is 18.7 Å². The van der Waals surface area contributed by atoms with Crippen LogP contribution in [0.15, 0.2) is 30.3 Å². The summed E-state index contributed by atoms with van der Waals surface area (Å²) >= 11 is 0. The van der Waals surface area contributed by atoms with Gasteiger partial charge in [0.25, 0.3) is 0 Å². The van der Waals surface area contributed by atoms with E-state index < -0.39 is 6.04 Å². The molecule has 0 radical (unpaired) electrons. The zero-order chi connectivity index (χ0) is 20.1. The van der Waals surface area contributed by atoms with E-state index in [0.29, 0.717) is 37.9 Å². The van der Waals surface area contributed by atoms with Gasteiger partial charge in [-0.25, -0.2) is 0 Å². The Morgan fingerprint density at radius 2 is 1.53 bits per heavy atom. The van der Waals surface area contributed by atoms with Crippen molar-refractivity contribution in [1.29, 1.82) is 0 Å². The Hall–Kier alpha value is -1.34. The number of rotatable bonds is 5. The number of nitrogens with two attached hydrogens (primary N) is 1. The van der Waals surface area contributed by atoms with Crippen molar-refractivity contribution in [3.8, 4) is 0 Å². The summed E-state index contributed by atoms with van der Waals surface area (Å²) in [6.07, 6.45) is 1.76. The second-order valence-electron chi connectivity index (χ2n) is 8.64. The Morgan fingerprint density at radius 3 is 2.10 bits per heavy atom. The molecule has 0 aliphatic carbocycles. The zero-order valence-corrected chi connectivity index (χ0v) is 19.7. The standard InChI is InChI=1S/C22H34N4O2.2ClH/c1-17-12-18(2)15-26(14-17)21(27)16-24-8-10-25(11-9-24)22(28)20(23)13-19-6-4-3-5-7-19;;/h3-7,17-18,20H,8-16,23H2,1-2H3;2*1H. The van der Waals surface area contributed by atoms with E-state index in [1.165, 1.54) is 6.42 Å². The minimum Gasteiger partial charge on any atom is -0.341 e. The van der Waals surface area contributed by atoms with E-state index in [0.717, 1.165) is 31.7 Å². The van der Waals surface area contributed by atoms with Crippen molar-refractivity contribution in [3.63, 3.8) is 0 Å². The van der Waals surface area contributed by atoms with Gasteiger partial charge in [0.1, 0.15) is 0 Å². The third-order valence-corrected chi connectivity index (χ3v) is 5.88. The molecular weight excluding hydrogens is 423 g/mol. The lowest BCUT2D eigenvalue weighted by molar-refractivity contribution is -0.137. The second-order valence-corrected chi connectivity index (χ2v) is 8.64. The van der Waals surface area contributed by atoms with Crippen molar-refractivity contribution in [3.05, 3.63) is 35.9 Å². The van der Waals surface area contributed by atoms with Crippen LogP contribution in [0.1, 0.15) is 25.8 Å². The maximum atomic E-state index is 12.7. The summed E-state index contributed by atoms with van der Waals surface area (Å²) < 4.78 is 0. The molecule has 3 rings (SSSR count). The summed E-state index contributed by atoms with van der Waals surface area (Å²) in [5.74, 6) is 1.38. The Bertz CT molecular complexity index is 658. The topological polar surface area (TPSA) is 69.9 Å². The van der Waals surface area contributed by atoms with Gasteiger partial charge in [-0.15, -0.1) is 24.8 Å². The highest BCUT2D eigenvalue weighted by atomic mass is 35.5. The van der Waals surface area contributed by atoms with Crippen LogP contribution in [0.4, 0.5) is 0 Å². The average molecular weight is 459 g/mol. The molecule has 2 amide bonds. The van der Waals surface area contributed by atoms with E-state index in [-0.39, 0.29) is 36.6 Å². The normalized spacial score (nSPS) is 23.2. The quantitative estimate of drug-likeness (QED) is 0.732. The largest absolute Gasteiger partial charge is 0.341 e.